The van der Waals surface area contributed by atoms with Gasteiger partial charge in [0.05, 0.1) is 7.11 Å². The lowest BCUT2D eigenvalue weighted by Gasteiger charge is -2.33. The zero-order valence-electron chi connectivity index (χ0n) is 15.2. The third-order valence-corrected chi connectivity index (χ3v) is 5.15. The van der Waals surface area contributed by atoms with Crippen molar-refractivity contribution in [3.8, 4) is 5.75 Å². The molecule has 0 saturated carbocycles. The molecule has 2 nitrogen and oxygen atoms in total. The molecular formula is C22H29NO. The Labute approximate surface area is 146 Å². The van der Waals surface area contributed by atoms with Crippen LogP contribution in [0, 0.1) is 0 Å². The van der Waals surface area contributed by atoms with Gasteiger partial charge in [-0.25, -0.2) is 0 Å². The molecule has 0 saturated heterocycles. The van der Waals surface area contributed by atoms with Crippen molar-refractivity contribution in [1.82, 2.24) is 4.90 Å². The summed E-state index contributed by atoms with van der Waals surface area (Å²) >= 11 is 0. The first-order valence-electron chi connectivity index (χ1n) is 9.24. The van der Waals surface area contributed by atoms with Gasteiger partial charge in [0.2, 0.25) is 0 Å². The van der Waals surface area contributed by atoms with Gasteiger partial charge in [-0.15, -0.1) is 0 Å². The van der Waals surface area contributed by atoms with Crippen molar-refractivity contribution in [3.63, 3.8) is 0 Å². The molecule has 2 aromatic rings. The highest BCUT2D eigenvalue weighted by Gasteiger charge is 2.36. The molecule has 1 aliphatic rings. The average molecular weight is 323 g/mol. The summed E-state index contributed by atoms with van der Waals surface area (Å²) in [7, 11) is 1.76. The van der Waals surface area contributed by atoms with Gasteiger partial charge in [0.25, 0.3) is 0 Å². The van der Waals surface area contributed by atoms with Crippen LogP contribution in [0.4, 0.5) is 0 Å². The number of nitrogens with zero attached hydrogens (tertiary/aromatic N) is 1. The number of hydrogen-bond donors (Lipinski definition) is 0. The molecule has 24 heavy (non-hydrogen) atoms. The molecule has 0 unspecified atom stereocenters. The van der Waals surface area contributed by atoms with Crippen LogP contribution in [-0.4, -0.2) is 31.1 Å². The van der Waals surface area contributed by atoms with Crippen molar-refractivity contribution < 1.29 is 4.74 Å². The van der Waals surface area contributed by atoms with E-state index < -0.39 is 0 Å². The maximum absolute atomic E-state index is 5.50. The van der Waals surface area contributed by atoms with Gasteiger partial charge in [-0.1, -0.05) is 50.2 Å². The molecule has 0 aromatic heterocycles. The predicted molar refractivity (Wildman–Crippen MR) is 101 cm³/mol. The lowest BCUT2D eigenvalue weighted by atomic mass is 9.89. The van der Waals surface area contributed by atoms with E-state index >= 15 is 0 Å². The van der Waals surface area contributed by atoms with E-state index in [1.54, 1.807) is 7.11 Å². The Morgan fingerprint density at radius 1 is 1.00 bits per heavy atom. The molecule has 2 heteroatoms. The zero-order valence-corrected chi connectivity index (χ0v) is 15.2. The van der Waals surface area contributed by atoms with Crippen LogP contribution in [-0.2, 0) is 6.42 Å². The van der Waals surface area contributed by atoms with E-state index in [2.05, 4.69) is 67.3 Å². The normalized spacial score (nSPS) is 19.5. The summed E-state index contributed by atoms with van der Waals surface area (Å²) in [6.07, 6.45) is 3.55. The van der Waals surface area contributed by atoms with Crippen molar-refractivity contribution >= 4 is 0 Å². The fourth-order valence-electron chi connectivity index (χ4n) is 4.15. The van der Waals surface area contributed by atoms with Crippen LogP contribution in [0.15, 0.2) is 48.5 Å². The third kappa shape index (κ3) is 3.34. The van der Waals surface area contributed by atoms with Gasteiger partial charge >= 0.3 is 0 Å². The van der Waals surface area contributed by atoms with Crippen LogP contribution < -0.4 is 4.74 Å². The van der Waals surface area contributed by atoms with Gasteiger partial charge in [-0.3, -0.25) is 4.90 Å². The highest BCUT2D eigenvalue weighted by atomic mass is 16.5. The molecule has 3 rings (SSSR count). The lowest BCUT2D eigenvalue weighted by molar-refractivity contribution is 0.189. The molecule has 128 valence electrons. The summed E-state index contributed by atoms with van der Waals surface area (Å²) in [6, 6.07) is 18.2. The monoisotopic (exact) mass is 323 g/mol. The molecule has 2 aromatic carbocycles. The van der Waals surface area contributed by atoms with Crippen molar-refractivity contribution in [2.45, 2.75) is 45.1 Å². The largest absolute Gasteiger partial charge is 0.497 e. The molecule has 2 atom stereocenters. The summed E-state index contributed by atoms with van der Waals surface area (Å²) < 4.78 is 5.50. The SMILES string of the molecule is CCCN(CCC)[C@@H]1Cc2ccc(OC)cc2[C@H]1c1ccccc1. The summed E-state index contributed by atoms with van der Waals surface area (Å²) in [5.74, 6) is 1.40. The Morgan fingerprint density at radius 3 is 2.33 bits per heavy atom. The molecule has 0 amide bonds. The Balaban J connectivity index is 2.02. The first-order chi connectivity index (χ1) is 11.8. The van der Waals surface area contributed by atoms with Gasteiger partial charge < -0.3 is 4.74 Å². The Hall–Kier alpha value is -1.80. The number of ether oxygens (including phenoxy) is 1. The quantitative estimate of drug-likeness (QED) is 0.720. The molecule has 0 N–H and O–H groups in total. The van der Waals surface area contributed by atoms with Gasteiger partial charge in [0.15, 0.2) is 0 Å². The van der Waals surface area contributed by atoms with Crippen LogP contribution in [0.1, 0.15) is 49.3 Å². The number of methoxy groups -OCH3 is 1. The van der Waals surface area contributed by atoms with E-state index in [0.29, 0.717) is 12.0 Å². The summed E-state index contributed by atoms with van der Waals surface area (Å²) in [5, 5.41) is 0. The lowest BCUT2D eigenvalue weighted by Crippen LogP contribution is -2.39. The zero-order chi connectivity index (χ0) is 16.9. The van der Waals surface area contributed by atoms with Crippen LogP contribution >= 0.6 is 0 Å². The number of fused-ring (bicyclic) bond motifs is 1. The Kier molecular flexibility index (Phi) is 5.57. The first kappa shape index (κ1) is 17.0. The van der Waals surface area contributed by atoms with Crippen molar-refractivity contribution in [2.24, 2.45) is 0 Å². The van der Waals surface area contributed by atoms with Crippen molar-refractivity contribution in [2.75, 3.05) is 20.2 Å². The highest BCUT2D eigenvalue weighted by Crippen LogP contribution is 2.42. The van der Waals surface area contributed by atoms with E-state index in [9.17, 15) is 0 Å². The molecule has 0 spiro atoms. The van der Waals surface area contributed by atoms with Crippen LogP contribution in [0.5, 0.6) is 5.75 Å². The van der Waals surface area contributed by atoms with Gasteiger partial charge in [0, 0.05) is 12.0 Å². The Bertz CT molecular complexity index is 646. The summed E-state index contributed by atoms with van der Waals surface area (Å²) in [6.45, 7) is 6.91. The van der Waals surface area contributed by atoms with Crippen LogP contribution in [0.25, 0.3) is 0 Å². The summed E-state index contributed by atoms with van der Waals surface area (Å²) in [5.41, 5.74) is 4.35. The van der Waals surface area contributed by atoms with Gasteiger partial charge in [-0.05, 0) is 61.2 Å². The van der Waals surface area contributed by atoms with E-state index in [-0.39, 0.29) is 0 Å². The maximum Gasteiger partial charge on any atom is 0.119 e. The third-order valence-electron chi connectivity index (χ3n) is 5.15. The van der Waals surface area contributed by atoms with E-state index in [0.717, 1.165) is 12.2 Å². The number of rotatable bonds is 7. The fraction of sp³-hybridized carbons (Fsp3) is 0.455. The molecule has 0 heterocycles. The van der Waals surface area contributed by atoms with E-state index in [1.807, 2.05) is 0 Å². The molecule has 1 aliphatic carbocycles. The minimum absolute atomic E-state index is 0.439. The number of hydrogen-bond acceptors (Lipinski definition) is 2. The van der Waals surface area contributed by atoms with Crippen molar-refractivity contribution in [1.29, 1.82) is 0 Å². The van der Waals surface area contributed by atoms with Crippen LogP contribution in [0.2, 0.25) is 0 Å². The van der Waals surface area contributed by atoms with Gasteiger partial charge in [-0.2, -0.15) is 0 Å². The fourth-order valence-corrected chi connectivity index (χ4v) is 4.15. The van der Waals surface area contributed by atoms with Crippen molar-refractivity contribution in [3.05, 3.63) is 65.2 Å². The molecular weight excluding hydrogens is 294 g/mol. The minimum atomic E-state index is 0.439. The van der Waals surface area contributed by atoms with Crippen LogP contribution in [0.3, 0.4) is 0 Å². The topological polar surface area (TPSA) is 12.5 Å². The maximum atomic E-state index is 5.50. The second-order valence-electron chi connectivity index (χ2n) is 6.76. The first-order valence-corrected chi connectivity index (χ1v) is 9.24. The van der Waals surface area contributed by atoms with E-state index in [1.165, 1.54) is 42.6 Å². The molecule has 0 fully saturated rings. The minimum Gasteiger partial charge on any atom is -0.497 e. The predicted octanol–water partition coefficient (Wildman–Crippen LogP) is 4.87. The molecule has 0 radical (unpaired) electrons. The average Bonchev–Trinajstić information content (AvgIpc) is 3.00. The Morgan fingerprint density at radius 2 is 1.71 bits per heavy atom. The smallest absolute Gasteiger partial charge is 0.119 e. The second kappa shape index (κ2) is 7.85. The molecule has 0 aliphatic heterocycles. The second-order valence-corrected chi connectivity index (χ2v) is 6.76. The van der Waals surface area contributed by atoms with Gasteiger partial charge in [0.1, 0.15) is 5.75 Å². The number of benzene rings is 2. The highest BCUT2D eigenvalue weighted by molar-refractivity contribution is 5.48. The summed E-state index contributed by atoms with van der Waals surface area (Å²) in [4.78, 5) is 2.70. The molecule has 0 bridgehead atoms. The van der Waals surface area contributed by atoms with E-state index in [4.69, 9.17) is 4.74 Å². The standard InChI is InChI=1S/C22H29NO/c1-4-13-23(14-5-2)21-15-18-11-12-19(24-3)16-20(18)22(21)17-9-7-6-8-10-17/h6-12,16,21-22H,4-5,13-15H2,1-3H3/t21-,22-/m1/s1.